The molecule has 0 aliphatic carbocycles. The van der Waals surface area contributed by atoms with E-state index in [0.29, 0.717) is 43.8 Å². The fraction of sp³-hybridized carbons (Fsp3) is 0.400. The number of para-hydroxylation sites is 1. The topological polar surface area (TPSA) is 106 Å². The zero-order valence-corrected chi connectivity index (χ0v) is 27.8. The first-order valence-electron chi connectivity index (χ1n) is 17.0. The minimum absolute atomic E-state index is 0.0263. The van der Waals surface area contributed by atoms with Gasteiger partial charge in [0.15, 0.2) is 5.78 Å². The number of fused-ring (bicyclic) bond motifs is 1. The molecule has 1 heterocycles. The minimum atomic E-state index is -0.378. The average Bonchev–Trinajstić information content (AvgIpc) is 3.09. The van der Waals surface area contributed by atoms with Gasteiger partial charge in [-0.25, -0.2) is 0 Å². The SMILES string of the molecule is CCCCCCCC(=O)Cc1cnc2ccccc2c1.O=C(CO)CCCCCCC(=O)Nc1cccc(OCc2ccccc2)c1. The molecule has 0 fully saturated rings. The molecule has 2 N–H and O–H groups in total. The number of carbonyl (C=O) groups excluding carboxylic acids is 3. The molecule has 0 saturated heterocycles. The molecule has 250 valence electrons. The van der Waals surface area contributed by atoms with Gasteiger partial charge < -0.3 is 15.2 Å². The molecule has 0 bridgehead atoms. The fourth-order valence-electron chi connectivity index (χ4n) is 5.12. The Balaban J connectivity index is 0.000000267. The van der Waals surface area contributed by atoms with Gasteiger partial charge in [-0.15, -0.1) is 0 Å². The van der Waals surface area contributed by atoms with Gasteiger partial charge in [-0.2, -0.15) is 0 Å². The number of hydrogen-bond donors (Lipinski definition) is 2. The fourth-order valence-corrected chi connectivity index (χ4v) is 5.12. The Bertz CT molecular complexity index is 1510. The number of anilines is 1. The quantitative estimate of drug-likeness (QED) is 0.0938. The molecule has 3 aromatic carbocycles. The van der Waals surface area contributed by atoms with Crippen LogP contribution in [-0.4, -0.2) is 34.2 Å². The van der Waals surface area contributed by atoms with Crippen molar-refractivity contribution in [3.05, 3.63) is 102 Å². The smallest absolute Gasteiger partial charge is 0.224 e. The molecule has 7 heteroatoms. The van der Waals surface area contributed by atoms with Gasteiger partial charge in [0.25, 0.3) is 0 Å². The summed E-state index contributed by atoms with van der Waals surface area (Å²) in [6.45, 7) is 2.31. The van der Waals surface area contributed by atoms with Crippen molar-refractivity contribution in [2.75, 3.05) is 11.9 Å². The van der Waals surface area contributed by atoms with Crippen LogP contribution in [0.25, 0.3) is 10.9 Å². The Labute approximate surface area is 279 Å². The van der Waals surface area contributed by atoms with E-state index >= 15 is 0 Å². The molecular formula is C40H50N2O5. The monoisotopic (exact) mass is 638 g/mol. The van der Waals surface area contributed by atoms with E-state index in [1.165, 1.54) is 25.7 Å². The molecule has 0 spiro atoms. The van der Waals surface area contributed by atoms with E-state index in [-0.39, 0.29) is 18.3 Å². The number of nitrogens with one attached hydrogen (secondary N) is 1. The Morgan fingerprint density at radius 3 is 2.13 bits per heavy atom. The summed E-state index contributed by atoms with van der Waals surface area (Å²) >= 11 is 0. The standard InChI is InChI=1S/C22H27NO4.C18H23NO/c24-16-20(25)12-6-1-2-7-14-22(26)23-19-11-8-13-21(15-19)27-17-18-9-4-3-5-10-18;1-2-3-4-5-6-10-17(20)13-15-12-16-9-7-8-11-18(16)19-14-15/h3-5,8-11,13,15,24H,1-2,6-7,12,14,16-17H2,(H,23,26);7-9,11-12,14H,2-6,10,13H2,1H3. The number of hydrogen-bond acceptors (Lipinski definition) is 6. The number of aromatic nitrogens is 1. The molecular weight excluding hydrogens is 588 g/mol. The summed E-state index contributed by atoms with van der Waals surface area (Å²) in [7, 11) is 0. The molecule has 0 saturated carbocycles. The summed E-state index contributed by atoms with van der Waals surface area (Å²) in [4.78, 5) is 39.4. The van der Waals surface area contributed by atoms with Gasteiger partial charge in [0.05, 0.1) is 5.52 Å². The second-order valence-electron chi connectivity index (χ2n) is 11.9. The van der Waals surface area contributed by atoms with Crippen LogP contribution in [0.2, 0.25) is 0 Å². The van der Waals surface area contributed by atoms with Crippen molar-refractivity contribution in [1.82, 2.24) is 4.98 Å². The number of benzene rings is 3. The minimum Gasteiger partial charge on any atom is -0.489 e. The molecule has 0 unspecified atom stereocenters. The Kier molecular flexibility index (Phi) is 17.5. The second kappa shape index (κ2) is 22.2. The number of aliphatic hydroxyl groups is 1. The highest BCUT2D eigenvalue weighted by atomic mass is 16.5. The summed E-state index contributed by atoms with van der Waals surface area (Å²) in [5.74, 6) is 0.896. The van der Waals surface area contributed by atoms with Crippen LogP contribution in [0, 0.1) is 0 Å². The highest BCUT2D eigenvalue weighted by Gasteiger charge is 2.06. The lowest BCUT2D eigenvalue weighted by atomic mass is 10.0. The van der Waals surface area contributed by atoms with Crippen molar-refractivity contribution in [2.45, 2.75) is 97.0 Å². The van der Waals surface area contributed by atoms with E-state index < -0.39 is 0 Å². The summed E-state index contributed by atoms with van der Waals surface area (Å²) in [6.07, 6.45) is 13.2. The number of ketones is 2. The summed E-state index contributed by atoms with van der Waals surface area (Å²) < 4.78 is 5.77. The van der Waals surface area contributed by atoms with Crippen molar-refractivity contribution < 1.29 is 24.2 Å². The molecule has 1 aromatic heterocycles. The Hall–Kier alpha value is -4.36. The molecule has 7 nitrogen and oxygen atoms in total. The predicted octanol–water partition coefficient (Wildman–Crippen LogP) is 8.81. The van der Waals surface area contributed by atoms with Gasteiger partial charge in [0.2, 0.25) is 5.91 Å². The number of Topliss-reactive ketones (excluding diaryl/α,β-unsaturated/α-hetero) is 2. The number of rotatable bonds is 20. The third-order valence-corrected chi connectivity index (χ3v) is 7.76. The highest BCUT2D eigenvalue weighted by molar-refractivity contribution is 5.90. The van der Waals surface area contributed by atoms with Crippen LogP contribution in [0.15, 0.2) is 91.1 Å². The normalized spacial score (nSPS) is 10.6. The van der Waals surface area contributed by atoms with Crippen LogP contribution in [0.4, 0.5) is 5.69 Å². The van der Waals surface area contributed by atoms with E-state index in [2.05, 4.69) is 23.3 Å². The van der Waals surface area contributed by atoms with Crippen LogP contribution < -0.4 is 10.1 Å². The zero-order chi connectivity index (χ0) is 33.5. The number of carbonyl (C=O) groups is 3. The molecule has 4 aromatic rings. The van der Waals surface area contributed by atoms with Crippen molar-refractivity contribution >= 4 is 34.1 Å². The van der Waals surface area contributed by atoms with Gasteiger partial charge in [-0.1, -0.05) is 100 Å². The van der Waals surface area contributed by atoms with Gasteiger partial charge in [-0.3, -0.25) is 19.4 Å². The second-order valence-corrected chi connectivity index (χ2v) is 11.9. The van der Waals surface area contributed by atoms with Crippen molar-refractivity contribution in [2.24, 2.45) is 0 Å². The maximum atomic E-state index is 12.1. The number of unbranched alkanes of at least 4 members (excludes halogenated alkanes) is 7. The lowest BCUT2D eigenvalue weighted by Crippen LogP contribution is -2.11. The van der Waals surface area contributed by atoms with Crippen LogP contribution in [0.1, 0.15) is 95.1 Å². The largest absolute Gasteiger partial charge is 0.489 e. The van der Waals surface area contributed by atoms with E-state index in [9.17, 15) is 14.4 Å². The molecule has 0 aliphatic rings. The molecule has 4 rings (SSSR count). The van der Waals surface area contributed by atoms with Crippen LogP contribution in [0.5, 0.6) is 5.75 Å². The van der Waals surface area contributed by atoms with Crippen LogP contribution >= 0.6 is 0 Å². The van der Waals surface area contributed by atoms with Gasteiger partial charge in [-0.05, 0) is 54.7 Å². The maximum absolute atomic E-state index is 12.1. The number of amides is 1. The lowest BCUT2D eigenvalue weighted by Gasteiger charge is -2.09. The maximum Gasteiger partial charge on any atom is 0.224 e. The molecule has 0 aliphatic heterocycles. The van der Waals surface area contributed by atoms with Crippen molar-refractivity contribution in [3.63, 3.8) is 0 Å². The summed E-state index contributed by atoms with van der Waals surface area (Å²) in [5.41, 5.74) is 3.83. The number of nitrogens with zero attached hydrogens (tertiary/aromatic N) is 1. The lowest BCUT2D eigenvalue weighted by molar-refractivity contribution is -0.122. The van der Waals surface area contributed by atoms with Crippen LogP contribution in [0.3, 0.4) is 0 Å². The zero-order valence-electron chi connectivity index (χ0n) is 27.8. The van der Waals surface area contributed by atoms with Crippen molar-refractivity contribution in [3.8, 4) is 5.75 Å². The first-order valence-corrected chi connectivity index (χ1v) is 17.0. The molecule has 47 heavy (non-hydrogen) atoms. The third-order valence-electron chi connectivity index (χ3n) is 7.76. The summed E-state index contributed by atoms with van der Waals surface area (Å²) in [6, 6.07) is 27.4. The Morgan fingerprint density at radius 2 is 1.38 bits per heavy atom. The Morgan fingerprint density at radius 1 is 0.702 bits per heavy atom. The summed E-state index contributed by atoms with van der Waals surface area (Å²) in [5, 5.41) is 12.7. The van der Waals surface area contributed by atoms with E-state index in [0.717, 1.165) is 59.8 Å². The first-order chi connectivity index (χ1) is 23.0. The third kappa shape index (κ3) is 15.7. The average molecular weight is 639 g/mol. The predicted molar refractivity (Wildman–Crippen MR) is 189 cm³/mol. The van der Waals surface area contributed by atoms with E-state index in [1.807, 2.05) is 85.1 Å². The van der Waals surface area contributed by atoms with Gasteiger partial charge >= 0.3 is 0 Å². The molecule has 0 radical (unpaired) electrons. The number of pyridine rings is 1. The van der Waals surface area contributed by atoms with Crippen molar-refractivity contribution in [1.29, 1.82) is 0 Å². The first kappa shape index (κ1) is 37.1. The number of ether oxygens (including phenoxy) is 1. The van der Waals surface area contributed by atoms with E-state index in [1.54, 1.807) is 0 Å². The molecule has 1 amide bonds. The van der Waals surface area contributed by atoms with E-state index in [4.69, 9.17) is 9.84 Å². The van der Waals surface area contributed by atoms with Gasteiger partial charge in [0.1, 0.15) is 24.7 Å². The van der Waals surface area contributed by atoms with Gasteiger partial charge in [0, 0.05) is 49.0 Å². The highest BCUT2D eigenvalue weighted by Crippen LogP contribution is 2.19. The van der Waals surface area contributed by atoms with Crippen LogP contribution in [-0.2, 0) is 27.4 Å². The number of aliphatic hydroxyl groups excluding tert-OH is 1. The molecule has 0 atom stereocenters.